The van der Waals surface area contributed by atoms with Gasteiger partial charge < -0.3 is 33.8 Å². The van der Waals surface area contributed by atoms with Gasteiger partial charge in [-0.25, -0.2) is 14.1 Å². The number of hydrogen-bond acceptors (Lipinski definition) is 11. The van der Waals surface area contributed by atoms with Crippen molar-refractivity contribution in [1.29, 1.82) is 0 Å². The van der Waals surface area contributed by atoms with Gasteiger partial charge in [-0.15, -0.1) is 5.06 Å². The van der Waals surface area contributed by atoms with E-state index < -0.39 is 51.7 Å². The first kappa shape index (κ1) is 41.2. The van der Waals surface area contributed by atoms with Crippen molar-refractivity contribution in [2.24, 2.45) is 5.92 Å². The second-order valence-corrected chi connectivity index (χ2v) is 14.4. The Morgan fingerprint density at radius 1 is 0.804 bits per heavy atom. The molecule has 1 atom stereocenters. The number of hydrogen-bond donors (Lipinski definition) is 1. The van der Waals surface area contributed by atoms with Crippen molar-refractivity contribution in [2.75, 3.05) is 54.2 Å². The maximum atomic E-state index is 13.1. The first-order valence-electron chi connectivity index (χ1n) is 15.9. The lowest BCUT2D eigenvalue weighted by Gasteiger charge is -2.31. The molecule has 0 spiro atoms. The Balaban J connectivity index is 2.82. The maximum Gasteiger partial charge on any atom is 0.515 e. The van der Waals surface area contributed by atoms with Crippen LogP contribution in [0.1, 0.15) is 93.9 Å². The Labute approximate surface area is 274 Å². The van der Waals surface area contributed by atoms with Gasteiger partial charge in [0.2, 0.25) is 0 Å². The molecule has 0 bridgehead atoms. The molecule has 0 aromatic carbocycles. The Kier molecular flexibility index (Phi) is 16.1. The van der Waals surface area contributed by atoms with Gasteiger partial charge in [0.05, 0.1) is 50.7 Å². The lowest BCUT2D eigenvalue weighted by molar-refractivity contribution is -0.817. The average Bonchev–Trinajstić information content (AvgIpc) is 3.23. The lowest BCUT2D eigenvalue weighted by Crippen LogP contribution is -2.58. The first-order valence-corrected chi connectivity index (χ1v) is 15.9. The number of likely N-dealkylation sites (N-methyl/N-ethyl adjacent to an activating group) is 1. The number of hydroxylamine groups is 2. The number of quaternary nitrogens is 1. The number of carbonyl (C=O) groups excluding carboxylic acids is 5. The third-order valence-corrected chi connectivity index (χ3v) is 7.70. The monoisotopic (exact) mass is 660 g/mol. The van der Waals surface area contributed by atoms with Gasteiger partial charge in [-0.2, -0.15) is 4.79 Å². The summed E-state index contributed by atoms with van der Waals surface area (Å²) in [5, 5.41) is 2.80. The largest absolute Gasteiger partial charge is 0.515 e. The smallest absolute Gasteiger partial charge is 0.449 e. The maximum absolute atomic E-state index is 13.1. The van der Waals surface area contributed by atoms with Crippen molar-refractivity contribution in [2.45, 2.75) is 117 Å². The van der Waals surface area contributed by atoms with Crippen LogP contribution in [0.3, 0.4) is 0 Å². The molecular formula is C32H58N3O11+. The summed E-state index contributed by atoms with van der Waals surface area (Å²) in [5.74, 6) is -1.97. The fourth-order valence-corrected chi connectivity index (χ4v) is 4.04. The summed E-state index contributed by atoms with van der Waals surface area (Å²) in [6.07, 6.45) is 0.550. The predicted molar refractivity (Wildman–Crippen MR) is 168 cm³/mol. The highest BCUT2D eigenvalue weighted by Gasteiger charge is 2.41. The average molecular weight is 661 g/mol. The molecule has 0 aliphatic carbocycles. The summed E-state index contributed by atoms with van der Waals surface area (Å²) >= 11 is 0. The molecule has 0 aromatic rings. The molecule has 1 aliphatic heterocycles. The van der Waals surface area contributed by atoms with E-state index in [-0.39, 0.29) is 38.2 Å². The second-order valence-electron chi connectivity index (χ2n) is 14.4. The number of rotatable bonds is 20. The Bertz CT molecular complexity index is 1020. The summed E-state index contributed by atoms with van der Waals surface area (Å²) in [4.78, 5) is 68.1. The van der Waals surface area contributed by atoms with Crippen LogP contribution < -0.4 is 5.32 Å². The Hall–Kier alpha value is -2.81. The van der Waals surface area contributed by atoms with Crippen LogP contribution in [0.5, 0.6) is 0 Å². The van der Waals surface area contributed by atoms with E-state index in [1.54, 1.807) is 7.11 Å². The highest BCUT2D eigenvalue weighted by Crippen LogP contribution is 2.20. The van der Waals surface area contributed by atoms with Crippen molar-refractivity contribution in [3.05, 3.63) is 0 Å². The summed E-state index contributed by atoms with van der Waals surface area (Å²) in [5.41, 5.74) is -1.45. The molecule has 0 aromatic heterocycles. The number of ether oxygens (including phenoxy) is 5. The molecule has 1 heterocycles. The molecule has 1 rings (SSSR count). The highest BCUT2D eigenvalue weighted by molar-refractivity contribution is 6.01. The summed E-state index contributed by atoms with van der Waals surface area (Å²) in [6.45, 7) is 16.4. The van der Waals surface area contributed by atoms with Gasteiger partial charge in [0.1, 0.15) is 6.54 Å². The minimum atomic E-state index is -1.46. The van der Waals surface area contributed by atoms with E-state index in [4.69, 9.17) is 28.5 Å². The summed E-state index contributed by atoms with van der Waals surface area (Å²) in [7, 11) is 4.63. The predicted octanol–water partition coefficient (Wildman–Crippen LogP) is 4.13. The van der Waals surface area contributed by atoms with Crippen molar-refractivity contribution in [1.82, 2.24) is 10.4 Å². The standard InChI is InChI=1S/C32H57N3O11/c1-23(2)14-18-44-31(5,6)15-19-42-28(39)33-24(27(38)46-34-25(36)12-13-26(34)37)22-35(9,10)29(40)43-20-16-32(7,8)45-21-17-30(3,4)41-11/h23-24H,12-22H2,1-11H3/p+1. The van der Waals surface area contributed by atoms with E-state index in [9.17, 15) is 24.0 Å². The fourth-order valence-electron chi connectivity index (χ4n) is 4.04. The molecular weight excluding hydrogens is 602 g/mol. The third kappa shape index (κ3) is 15.7. The number of amides is 4. The number of nitrogens with zero attached hydrogens (tertiary/aromatic N) is 2. The number of imide groups is 1. The number of nitrogens with one attached hydrogen (secondary N) is 1. The van der Waals surface area contributed by atoms with Crippen molar-refractivity contribution >= 4 is 30.0 Å². The zero-order valence-corrected chi connectivity index (χ0v) is 29.8. The first-order chi connectivity index (χ1) is 21.1. The topological polar surface area (TPSA) is 156 Å². The molecule has 1 saturated heterocycles. The molecule has 1 N–H and O–H groups in total. The third-order valence-electron chi connectivity index (χ3n) is 7.70. The van der Waals surface area contributed by atoms with E-state index in [0.717, 1.165) is 6.42 Å². The Morgan fingerprint density at radius 2 is 1.30 bits per heavy atom. The molecule has 14 heteroatoms. The second kappa shape index (κ2) is 17.9. The van der Waals surface area contributed by atoms with Gasteiger partial charge in [0.25, 0.3) is 11.8 Å². The van der Waals surface area contributed by atoms with Crippen LogP contribution in [0.15, 0.2) is 0 Å². The number of alkyl carbamates (subject to hydrolysis) is 1. The molecule has 0 radical (unpaired) electrons. The van der Waals surface area contributed by atoms with Crippen LogP contribution in [0.2, 0.25) is 0 Å². The van der Waals surface area contributed by atoms with Crippen LogP contribution in [0, 0.1) is 5.92 Å². The van der Waals surface area contributed by atoms with Crippen molar-refractivity contribution < 1.29 is 57.0 Å². The normalized spacial score (nSPS) is 15.3. The summed E-state index contributed by atoms with van der Waals surface area (Å²) < 4.78 is 27.6. The van der Waals surface area contributed by atoms with Crippen LogP contribution in [0.25, 0.3) is 0 Å². The van der Waals surface area contributed by atoms with Gasteiger partial charge in [-0.1, -0.05) is 13.8 Å². The number of carbonyl (C=O) groups is 5. The van der Waals surface area contributed by atoms with Gasteiger partial charge >= 0.3 is 18.2 Å². The van der Waals surface area contributed by atoms with Crippen LogP contribution >= 0.6 is 0 Å². The van der Waals surface area contributed by atoms with Gasteiger partial charge in [-0.3, -0.25) is 9.59 Å². The molecule has 46 heavy (non-hydrogen) atoms. The van der Waals surface area contributed by atoms with Gasteiger partial charge in [0, 0.05) is 39.4 Å². The molecule has 14 nitrogen and oxygen atoms in total. The van der Waals surface area contributed by atoms with Gasteiger partial charge in [0.15, 0.2) is 6.04 Å². The molecule has 266 valence electrons. The molecule has 1 aliphatic rings. The van der Waals surface area contributed by atoms with E-state index in [2.05, 4.69) is 19.2 Å². The van der Waals surface area contributed by atoms with Crippen LogP contribution in [-0.2, 0) is 42.9 Å². The van der Waals surface area contributed by atoms with E-state index in [0.29, 0.717) is 43.5 Å². The minimum Gasteiger partial charge on any atom is -0.449 e. The lowest BCUT2D eigenvalue weighted by atomic mass is 10.0. The van der Waals surface area contributed by atoms with Crippen LogP contribution in [0.4, 0.5) is 9.59 Å². The van der Waals surface area contributed by atoms with Gasteiger partial charge in [-0.05, 0) is 60.3 Å². The molecule has 1 unspecified atom stereocenters. The zero-order valence-electron chi connectivity index (χ0n) is 29.8. The quantitative estimate of drug-likeness (QED) is 0.148. The molecule has 1 fully saturated rings. The summed E-state index contributed by atoms with van der Waals surface area (Å²) in [6, 6.07) is -1.46. The molecule has 0 saturated carbocycles. The van der Waals surface area contributed by atoms with Crippen molar-refractivity contribution in [3.63, 3.8) is 0 Å². The molecule has 4 amide bonds. The SMILES string of the molecule is COC(C)(C)CCOC(C)(C)CCOC(=O)[N+](C)(C)CC(NC(=O)OCCC(C)(C)OCCC(C)C)C(=O)ON1C(=O)CCC1=O. The fraction of sp³-hybridized carbons (Fsp3) is 0.844. The van der Waals surface area contributed by atoms with E-state index >= 15 is 0 Å². The highest BCUT2D eigenvalue weighted by atomic mass is 16.7. The van der Waals surface area contributed by atoms with Crippen molar-refractivity contribution in [3.8, 4) is 0 Å². The van der Waals surface area contributed by atoms with E-state index in [1.807, 2.05) is 41.5 Å². The van der Waals surface area contributed by atoms with Crippen LogP contribution in [-0.4, -0.2) is 117 Å². The zero-order chi connectivity index (χ0) is 35.3. The van der Waals surface area contributed by atoms with E-state index in [1.165, 1.54) is 14.1 Å². The number of methoxy groups -OCH3 is 1. The minimum absolute atomic E-state index is 0.00745. The Morgan fingerprint density at radius 3 is 1.83 bits per heavy atom.